The highest BCUT2D eigenvalue weighted by atomic mass is 79.9. The van der Waals surface area contributed by atoms with Gasteiger partial charge in [0.2, 0.25) is 10.0 Å². The smallest absolute Gasteiger partial charge is 0.241 e. The predicted molar refractivity (Wildman–Crippen MR) is 79.3 cm³/mol. The van der Waals surface area contributed by atoms with Gasteiger partial charge in [-0.1, -0.05) is 26.8 Å². The Morgan fingerprint density at radius 3 is 2.47 bits per heavy atom. The van der Waals surface area contributed by atoms with Crippen molar-refractivity contribution in [3.05, 3.63) is 28.2 Å². The summed E-state index contributed by atoms with van der Waals surface area (Å²) in [6.45, 7) is 6.33. The first-order valence-corrected chi connectivity index (χ1v) is 8.38. The van der Waals surface area contributed by atoms with Crippen molar-refractivity contribution < 1.29 is 13.5 Å². The zero-order chi connectivity index (χ0) is 14.7. The molecule has 0 saturated carbocycles. The number of nitrogens with one attached hydrogen (secondary N) is 1. The minimum Gasteiger partial charge on any atom is -0.392 e. The van der Waals surface area contributed by atoms with Gasteiger partial charge in [-0.15, -0.1) is 0 Å². The van der Waals surface area contributed by atoms with E-state index in [4.69, 9.17) is 5.11 Å². The molecule has 1 rings (SSSR count). The van der Waals surface area contributed by atoms with Crippen molar-refractivity contribution in [3.63, 3.8) is 0 Å². The minimum atomic E-state index is -3.54. The van der Waals surface area contributed by atoms with Gasteiger partial charge in [0.05, 0.1) is 11.5 Å². The van der Waals surface area contributed by atoms with Gasteiger partial charge in [-0.05, 0) is 45.5 Å². The molecule has 0 fully saturated rings. The summed E-state index contributed by atoms with van der Waals surface area (Å²) in [5.74, 6) is 0. The molecular formula is C13H20BrNO3S. The van der Waals surface area contributed by atoms with Gasteiger partial charge in [0, 0.05) is 11.0 Å². The summed E-state index contributed by atoms with van der Waals surface area (Å²) in [6, 6.07) is 4.71. The second-order valence-corrected chi connectivity index (χ2v) is 7.85. The van der Waals surface area contributed by atoms with Crippen molar-refractivity contribution >= 4 is 26.0 Å². The van der Waals surface area contributed by atoms with Gasteiger partial charge in [-0.3, -0.25) is 0 Å². The molecule has 0 heterocycles. The molecule has 0 saturated heterocycles. The van der Waals surface area contributed by atoms with Crippen molar-refractivity contribution in [1.29, 1.82) is 0 Å². The van der Waals surface area contributed by atoms with Crippen LogP contribution in [0.3, 0.4) is 0 Å². The molecule has 6 heteroatoms. The molecule has 0 aliphatic carbocycles. The topological polar surface area (TPSA) is 66.4 Å². The summed E-state index contributed by atoms with van der Waals surface area (Å²) in [5, 5.41) is 9.01. The molecule has 0 aromatic heterocycles. The molecule has 0 aliphatic rings. The molecule has 19 heavy (non-hydrogen) atoms. The molecule has 0 amide bonds. The fraction of sp³-hybridized carbons (Fsp3) is 0.538. The van der Waals surface area contributed by atoms with Crippen LogP contribution in [0.5, 0.6) is 0 Å². The van der Waals surface area contributed by atoms with Crippen molar-refractivity contribution in [3.8, 4) is 0 Å². The van der Waals surface area contributed by atoms with E-state index < -0.39 is 10.0 Å². The Morgan fingerprint density at radius 2 is 2.00 bits per heavy atom. The third-order valence-electron chi connectivity index (χ3n) is 3.17. The Bertz CT molecular complexity index is 541. The number of halogens is 1. The summed E-state index contributed by atoms with van der Waals surface area (Å²) in [4.78, 5) is 0.191. The summed E-state index contributed by atoms with van der Waals surface area (Å²) in [7, 11) is -3.54. The van der Waals surface area contributed by atoms with Crippen molar-refractivity contribution in [2.24, 2.45) is 5.41 Å². The summed E-state index contributed by atoms with van der Waals surface area (Å²) in [6.07, 6.45) is 0.889. The Morgan fingerprint density at radius 1 is 1.37 bits per heavy atom. The molecule has 1 aromatic rings. The van der Waals surface area contributed by atoms with Gasteiger partial charge >= 0.3 is 0 Å². The number of sulfonamides is 1. The Kier molecular flexibility index (Phi) is 5.55. The number of aliphatic hydroxyl groups excluding tert-OH is 1. The Hall–Kier alpha value is -0.430. The molecule has 1 aromatic carbocycles. The van der Waals surface area contributed by atoms with Crippen LogP contribution in [0.1, 0.15) is 32.8 Å². The largest absolute Gasteiger partial charge is 0.392 e. The molecular weight excluding hydrogens is 330 g/mol. The molecule has 0 radical (unpaired) electrons. The lowest BCUT2D eigenvalue weighted by Gasteiger charge is -2.23. The van der Waals surface area contributed by atoms with Crippen LogP contribution in [0.25, 0.3) is 0 Å². The minimum absolute atomic E-state index is 0.0788. The Labute approximate surface area is 123 Å². The lowest BCUT2D eigenvalue weighted by atomic mass is 9.91. The van der Waals surface area contributed by atoms with Crippen LogP contribution in [0.2, 0.25) is 0 Å². The van der Waals surface area contributed by atoms with Gasteiger partial charge in [0.25, 0.3) is 0 Å². The molecule has 4 nitrogen and oxygen atoms in total. The van der Waals surface area contributed by atoms with Crippen LogP contribution in [0.15, 0.2) is 27.6 Å². The van der Waals surface area contributed by atoms with Crippen LogP contribution >= 0.6 is 15.9 Å². The molecule has 108 valence electrons. The average Bonchev–Trinajstić information content (AvgIpc) is 2.36. The molecule has 0 unspecified atom stereocenters. The number of hydrogen-bond donors (Lipinski definition) is 2. The SMILES string of the molecule is CCC(C)(C)CNS(=O)(=O)c1ccc(CO)cc1Br. The summed E-state index contributed by atoms with van der Waals surface area (Å²) >= 11 is 3.23. The fourth-order valence-electron chi connectivity index (χ4n) is 1.35. The van der Waals surface area contributed by atoms with Gasteiger partial charge in [0.15, 0.2) is 0 Å². The maximum Gasteiger partial charge on any atom is 0.241 e. The van der Waals surface area contributed by atoms with Gasteiger partial charge < -0.3 is 5.11 Å². The number of benzene rings is 1. The van der Waals surface area contributed by atoms with Crippen LogP contribution in [0, 0.1) is 5.41 Å². The third-order valence-corrected chi connectivity index (χ3v) is 5.54. The normalized spacial score (nSPS) is 12.7. The maximum atomic E-state index is 12.2. The molecule has 2 N–H and O–H groups in total. The van der Waals surface area contributed by atoms with E-state index in [9.17, 15) is 8.42 Å². The number of hydrogen-bond acceptors (Lipinski definition) is 3. The predicted octanol–water partition coefficient (Wildman–Crippen LogP) is 2.66. The van der Waals surface area contributed by atoms with Crippen molar-refractivity contribution in [2.75, 3.05) is 6.54 Å². The van der Waals surface area contributed by atoms with E-state index in [0.29, 0.717) is 16.6 Å². The summed E-state index contributed by atoms with van der Waals surface area (Å²) < 4.78 is 27.5. The van der Waals surface area contributed by atoms with Crippen molar-refractivity contribution in [2.45, 2.75) is 38.7 Å². The van der Waals surface area contributed by atoms with Gasteiger partial charge in [0.1, 0.15) is 0 Å². The van der Waals surface area contributed by atoms with Crippen LogP contribution in [0.4, 0.5) is 0 Å². The van der Waals surface area contributed by atoms with Crippen LogP contribution in [-0.2, 0) is 16.6 Å². The lowest BCUT2D eigenvalue weighted by molar-refractivity contribution is 0.281. The number of rotatable bonds is 6. The van der Waals surface area contributed by atoms with Gasteiger partial charge in [-0.2, -0.15) is 0 Å². The van der Waals surface area contributed by atoms with E-state index in [1.165, 1.54) is 6.07 Å². The van der Waals surface area contributed by atoms with Crippen LogP contribution < -0.4 is 4.72 Å². The van der Waals surface area contributed by atoms with E-state index in [2.05, 4.69) is 20.7 Å². The average molecular weight is 350 g/mol. The van der Waals surface area contributed by atoms with E-state index in [1.54, 1.807) is 12.1 Å². The third kappa shape index (κ3) is 4.56. The molecule has 0 bridgehead atoms. The van der Waals surface area contributed by atoms with E-state index in [-0.39, 0.29) is 16.9 Å². The molecule has 0 spiro atoms. The monoisotopic (exact) mass is 349 g/mol. The van der Waals surface area contributed by atoms with E-state index in [1.807, 2.05) is 20.8 Å². The van der Waals surface area contributed by atoms with E-state index in [0.717, 1.165) is 6.42 Å². The zero-order valence-electron chi connectivity index (χ0n) is 11.4. The summed E-state index contributed by atoms with van der Waals surface area (Å²) in [5.41, 5.74) is 0.588. The first-order chi connectivity index (χ1) is 8.72. The lowest BCUT2D eigenvalue weighted by Crippen LogP contribution is -2.33. The quantitative estimate of drug-likeness (QED) is 0.829. The first kappa shape index (κ1) is 16.6. The van der Waals surface area contributed by atoms with Crippen molar-refractivity contribution in [1.82, 2.24) is 4.72 Å². The Balaban J connectivity index is 2.95. The highest BCUT2D eigenvalue weighted by Gasteiger charge is 2.22. The highest BCUT2D eigenvalue weighted by molar-refractivity contribution is 9.10. The fourth-order valence-corrected chi connectivity index (χ4v) is 3.72. The first-order valence-electron chi connectivity index (χ1n) is 6.11. The van der Waals surface area contributed by atoms with Gasteiger partial charge in [-0.25, -0.2) is 13.1 Å². The standard InChI is InChI=1S/C13H20BrNO3S/c1-4-13(2,3)9-15-19(17,18)12-6-5-10(8-16)7-11(12)14/h5-7,15-16H,4,8-9H2,1-3H3. The zero-order valence-corrected chi connectivity index (χ0v) is 13.8. The molecule has 0 aliphatic heterocycles. The number of aliphatic hydroxyl groups is 1. The second-order valence-electron chi connectivity index (χ2n) is 5.27. The second kappa shape index (κ2) is 6.35. The highest BCUT2D eigenvalue weighted by Crippen LogP contribution is 2.24. The molecule has 0 atom stereocenters. The maximum absolute atomic E-state index is 12.2. The van der Waals surface area contributed by atoms with Crippen LogP contribution in [-0.4, -0.2) is 20.1 Å². The van der Waals surface area contributed by atoms with E-state index >= 15 is 0 Å².